The number of hydrogen-bond donors (Lipinski definition) is 1. The van der Waals surface area contributed by atoms with Gasteiger partial charge in [0.05, 0.1) is 6.54 Å². The molecule has 0 spiro atoms. The predicted molar refractivity (Wildman–Crippen MR) is 112 cm³/mol. The standard InChI is InChI=1S/C22H21N3O5/c1-3-24(17-7-5-4-6-14(17)2)20(26)16-11-23-22(28)25(21(16)27)12-15-8-9-18-19(10-15)30-13-29-18/h4-11H,3,12-13H2,1-2H3,(H,23,28). The Morgan fingerprint density at radius 2 is 1.90 bits per heavy atom. The van der Waals surface area contributed by atoms with Gasteiger partial charge in [-0.1, -0.05) is 24.3 Å². The number of carbonyl (C=O) groups excluding carboxylic acids is 1. The van der Waals surface area contributed by atoms with Crippen molar-refractivity contribution in [3.8, 4) is 11.5 Å². The quantitative estimate of drug-likeness (QED) is 0.700. The highest BCUT2D eigenvalue weighted by molar-refractivity contribution is 6.06. The molecule has 154 valence electrons. The Morgan fingerprint density at radius 1 is 1.13 bits per heavy atom. The molecule has 0 fully saturated rings. The highest BCUT2D eigenvalue weighted by Crippen LogP contribution is 2.32. The highest BCUT2D eigenvalue weighted by atomic mass is 16.7. The Bertz CT molecular complexity index is 1230. The third-order valence-electron chi connectivity index (χ3n) is 5.04. The summed E-state index contributed by atoms with van der Waals surface area (Å²) < 4.78 is 11.6. The Labute approximate surface area is 172 Å². The van der Waals surface area contributed by atoms with Gasteiger partial charge in [0.15, 0.2) is 11.5 Å². The maximum absolute atomic E-state index is 13.2. The first-order chi connectivity index (χ1) is 14.5. The number of nitrogens with zero attached hydrogens (tertiary/aromatic N) is 2. The van der Waals surface area contributed by atoms with E-state index in [9.17, 15) is 14.4 Å². The summed E-state index contributed by atoms with van der Waals surface area (Å²) in [7, 11) is 0. The van der Waals surface area contributed by atoms with Crippen molar-refractivity contribution >= 4 is 11.6 Å². The zero-order valence-corrected chi connectivity index (χ0v) is 16.7. The van der Waals surface area contributed by atoms with Crippen molar-refractivity contribution in [3.63, 3.8) is 0 Å². The van der Waals surface area contributed by atoms with Crippen molar-refractivity contribution in [1.29, 1.82) is 0 Å². The number of hydrogen-bond acceptors (Lipinski definition) is 5. The fourth-order valence-electron chi connectivity index (χ4n) is 3.46. The van der Waals surface area contributed by atoms with E-state index in [2.05, 4.69) is 4.98 Å². The first-order valence-electron chi connectivity index (χ1n) is 9.58. The Balaban J connectivity index is 1.70. The van der Waals surface area contributed by atoms with Crippen LogP contribution in [0.3, 0.4) is 0 Å². The first-order valence-corrected chi connectivity index (χ1v) is 9.58. The van der Waals surface area contributed by atoms with Crippen LogP contribution in [0.25, 0.3) is 0 Å². The van der Waals surface area contributed by atoms with E-state index in [4.69, 9.17) is 9.47 Å². The van der Waals surface area contributed by atoms with Crippen molar-refractivity contribution in [3.05, 3.63) is 86.2 Å². The number of rotatable bonds is 5. The number of carbonyl (C=O) groups is 1. The molecule has 0 saturated heterocycles. The van der Waals surface area contributed by atoms with Gasteiger partial charge in [0.25, 0.3) is 11.5 Å². The van der Waals surface area contributed by atoms with Gasteiger partial charge in [0, 0.05) is 18.4 Å². The van der Waals surface area contributed by atoms with E-state index in [0.717, 1.165) is 15.8 Å². The highest BCUT2D eigenvalue weighted by Gasteiger charge is 2.22. The number of aromatic nitrogens is 2. The van der Waals surface area contributed by atoms with Crippen molar-refractivity contribution in [1.82, 2.24) is 9.55 Å². The average Bonchev–Trinajstić information content (AvgIpc) is 3.21. The molecule has 0 saturated carbocycles. The monoisotopic (exact) mass is 407 g/mol. The molecule has 0 unspecified atom stereocenters. The molecule has 2 heterocycles. The Kier molecular flexibility index (Phi) is 5.14. The molecule has 0 bridgehead atoms. The molecule has 0 atom stereocenters. The molecule has 2 aromatic carbocycles. The van der Waals surface area contributed by atoms with Gasteiger partial charge in [-0.25, -0.2) is 4.79 Å². The molecule has 0 radical (unpaired) electrons. The maximum atomic E-state index is 13.2. The van der Waals surface area contributed by atoms with Crippen LogP contribution in [0.15, 0.2) is 58.3 Å². The second-order valence-corrected chi connectivity index (χ2v) is 6.92. The number of fused-ring (bicyclic) bond motifs is 1. The molecule has 1 aliphatic rings. The summed E-state index contributed by atoms with van der Waals surface area (Å²) >= 11 is 0. The van der Waals surface area contributed by atoms with Crippen LogP contribution >= 0.6 is 0 Å². The smallest absolute Gasteiger partial charge is 0.328 e. The predicted octanol–water partition coefficient (Wildman–Crippen LogP) is 2.29. The Morgan fingerprint density at radius 3 is 2.67 bits per heavy atom. The summed E-state index contributed by atoms with van der Waals surface area (Å²) in [5, 5.41) is 0. The number of nitrogens with one attached hydrogen (secondary N) is 1. The molecular weight excluding hydrogens is 386 g/mol. The van der Waals surface area contributed by atoms with Crippen LogP contribution in [0.4, 0.5) is 5.69 Å². The summed E-state index contributed by atoms with van der Waals surface area (Å²) in [6, 6.07) is 12.6. The lowest BCUT2D eigenvalue weighted by Gasteiger charge is -2.22. The fraction of sp³-hybridized carbons (Fsp3) is 0.227. The zero-order chi connectivity index (χ0) is 21.3. The molecule has 30 heavy (non-hydrogen) atoms. The number of H-pyrrole nitrogens is 1. The number of anilines is 1. The number of para-hydroxylation sites is 1. The zero-order valence-electron chi connectivity index (χ0n) is 16.7. The van der Waals surface area contributed by atoms with Crippen LogP contribution in [0, 0.1) is 6.92 Å². The lowest BCUT2D eigenvalue weighted by Crippen LogP contribution is -2.42. The molecule has 8 heteroatoms. The van der Waals surface area contributed by atoms with E-state index in [1.165, 1.54) is 11.1 Å². The van der Waals surface area contributed by atoms with Gasteiger partial charge in [-0.3, -0.25) is 14.2 Å². The van der Waals surface area contributed by atoms with Crippen molar-refractivity contribution in [2.45, 2.75) is 20.4 Å². The summed E-state index contributed by atoms with van der Waals surface area (Å²) in [5.74, 6) is 0.703. The van der Waals surface area contributed by atoms with Gasteiger partial charge >= 0.3 is 5.69 Å². The SMILES string of the molecule is CCN(C(=O)c1c[nH]c(=O)n(Cc2ccc3c(c2)OCO3)c1=O)c1ccccc1C. The second kappa shape index (κ2) is 7.90. The summed E-state index contributed by atoms with van der Waals surface area (Å²) in [5.41, 5.74) is 0.987. The van der Waals surface area contributed by atoms with Gasteiger partial charge in [-0.05, 0) is 43.2 Å². The topological polar surface area (TPSA) is 93.6 Å². The summed E-state index contributed by atoms with van der Waals surface area (Å²) in [4.78, 5) is 42.6. The average molecular weight is 407 g/mol. The number of amides is 1. The lowest BCUT2D eigenvalue weighted by atomic mass is 10.1. The van der Waals surface area contributed by atoms with E-state index < -0.39 is 17.2 Å². The number of benzene rings is 2. The third kappa shape index (κ3) is 3.47. The summed E-state index contributed by atoms with van der Waals surface area (Å²) in [6.45, 7) is 4.25. The molecule has 4 rings (SSSR count). The van der Waals surface area contributed by atoms with E-state index in [0.29, 0.717) is 23.6 Å². The van der Waals surface area contributed by atoms with Gasteiger partial charge in [0.1, 0.15) is 5.56 Å². The minimum absolute atomic E-state index is 0.00240. The molecule has 8 nitrogen and oxygen atoms in total. The van der Waals surface area contributed by atoms with Gasteiger partial charge in [0.2, 0.25) is 6.79 Å². The first kappa shape index (κ1) is 19.5. The van der Waals surface area contributed by atoms with Crippen LogP contribution in [0.1, 0.15) is 28.4 Å². The third-order valence-corrected chi connectivity index (χ3v) is 5.04. The molecule has 3 aromatic rings. The van der Waals surface area contributed by atoms with Crippen LogP contribution in [-0.2, 0) is 6.54 Å². The fourth-order valence-corrected chi connectivity index (χ4v) is 3.46. The number of aromatic amines is 1. The van der Waals surface area contributed by atoms with Gasteiger partial charge < -0.3 is 19.4 Å². The maximum Gasteiger partial charge on any atom is 0.328 e. The molecule has 1 N–H and O–H groups in total. The van der Waals surface area contributed by atoms with Crippen LogP contribution in [0.5, 0.6) is 11.5 Å². The Hall–Kier alpha value is -3.81. The van der Waals surface area contributed by atoms with Crippen LogP contribution < -0.4 is 25.6 Å². The van der Waals surface area contributed by atoms with Gasteiger partial charge in [-0.2, -0.15) is 0 Å². The normalized spacial score (nSPS) is 12.1. The van der Waals surface area contributed by atoms with Crippen molar-refractivity contribution < 1.29 is 14.3 Å². The largest absolute Gasteiger partial charge is 0.454 e. The second-order valence-electron chi connectivity index (χ2n) is 6.92. The molecule has 1 aromatic heterocycles. The molecule has 1 amide bonds. The number of aryl methyl sites for hydroxylation is 1. The van der Waals surface area contributed by atoms with Gasteiger partial charge in [-0.15, -0.1) is 0 Å². The minimum atomic E-state index is -0.645. The number of ether oxygens (including phenoxy) is 2. The van der Waals surface area contributed by atoms with E-state index in [1.807, 2.05) is 38.1 Å². The molecule has 1 aliphatic heterocycles. The van der Waals surface area contributed by atoms with Crippen LogP contribution in [0.2, 0.25) is 0 Å². The van der Waals surface area contributed by atoms with Crippen LogP contribution in [-0.4, -0.2) is 28.8 Å². The lowest BCUT2D eigenvalue weighted by molar-refractivity contribution is 0.0985. The molecular formula is C22H21N3O5. The summed E-state index contributed by atoms with van der Waals surface area (Å²) in [6.07, 6.45) is 1.18. The van der Waals surface area contributed by atoms with E-state index in [-0.39, 0.29) is 18.9 Å². The minimum Gasteiger partial charge on any atom is -0.454 e. The van der Waals surface area contributed by atoms with Crippen molar-refractivity contribution in [2.75, 3.05) is 18.2 Å². The van der Waals surface area contributed by atoms with E-state index >= 15 is 0 Å². The van der Waals surface area contributed by atoms with E-state index in [1.54, 1.807) is 18.2 Å². The molecule has 0 aliphatic carbocycles. The van der Waals surface area contributed by atoms with Crippen molar-refractivity contribution in [2.24, 2.45) is 0 Å².